The van der Waals surface area contributed by atoms with Gasteiger partial charge in [-0.1, -0.05) is 23.7 Å². The van der Waals surface area contributed by atoms with Crippen molar-refractivity contribution < 1.29 is 9.53 Å². The molecular weight excluding hydrogens is 366 g/mol. The van der Waals surface area contributed by atoms with Crippen LogP contribution in [0.25, 0.3) is 11.4 Å². The summed E-state index contributed by atoms with van der Waals surface area (Å²) in [7, 11) is 0. The summed E-state index contributed by atoms with van der Waals surface area (Å²) in [4.78, 5) is 12.6. The molecule has 1 atom stereocenters. The molecule has 1 fully saturated rings. The highest BCUT2D eigenvalue weighted by Gasteiger charge is 2.30. The highest BCUT2D eigenvalue weighted by Crippen LogP contribution is 2.37. The van der Waals surface area contributed by atoms with Crippen LogP contribution in [-0.4, -0.2) is 32.2 Å². The predicted molar refractivity (Wildman–Crippen MR) is 99.7 cm³/mol. The Balaban J connectivity index is 1.33. The summed E-state index contributed by atoms with van der Waals surface area (Å²) in [6.07, 6.45) is 2.12. The second kappa shape index (κ2) is 6.35. The maximum atomic E-state index is 12.6. The molecule has 5 rings (SSSR count). The van der Waals surface area contributed by atoms with E-state index < -0.39 is 6.10 Å². The Morgan fingerprint density at radius 2 is 2.11 bits per heavy atom. The van der Waals surface area contributed by atoms with Crippen molar-refractivity contribution in [3.63, 3.8) is 0 Å². The lowest BCUT2D eigenvalue weighted by molar-refractivity contribution is -0.122. The first-order valence-electron chi connectivity index (χ1n) is 8.81. The van der Waals surface area contributed by atoms with E-state index >= 15 is 0 Å². The van der Waals surface area contributed by atoms with E-state index in [1.807, 2.05) is 35.0 Å². The van der Waals surface area contributed by atoms with Crippen molar-refractivity contribution in [1.82, 2.24) is 20.2 Å². The van der Waals surface area contributed by atoms with Gasteiger partial charge in [-0.25, -0.2) is 4.68 Å². The van der Waals surface area contributed by atoms with Gasteiger partial charge in [-0.15, -0.1) is 5.10 Å². The van der Waals surface area contributed by atoms with Crippen LogP contribution in [0.15, 0.2) is 42.5 Å². The van der Waals surface area contributed by atoms with Crippen LogP contribution in [-0.2, 0) is 11.2 Å². The molecule has 1 unspecified atom stereocenters. The molecule has 0 bridgehead atoms. The maximum Gasteiger partial charge on any atom is 0.265 e. The monoisotopic (exact) mass is 381 g/mol. The number of hydrogen-bond acceptors (Lipinski definition) is 5. The highest BCUT2D eigenvalue weighted by molar-refractivity contribution is 6.30. The second-order valence-corrected chi connectivity index (χ2v) is 7.25. The van der Waals surface area contributed by atoms with E-state index in [9.17, 15) is 4.79 Å². The van der Waals surface area contributed by atoms with Gasteiger partial charge in [-0.2, -0.15) is 0 Å². The van der Waals surface area contributed by atoms with Crippen LogP contribution in [0.2, 0.25) is 5.02 Å². The second-order valence-electron chi connectivity index (χ2n) is 6.81. The third-order valence-corrected chi connectivity index (χ3v) is 5.00. The minimum absolute atomic E-state index is 0.193. The zero-order valence-corrected chi connectivity index (χ0v) is 15.1. The van der Waals surface area contributed by atoms with Gasteiger partial charge in [-0.3, -0.25) is 4.79 Å². The normalized spacial score (nSPS) is 18.0. The highest BCUT2D eigenvalue weighted by atomic mass is 35.5. The molecule has 0 radical (unpaired) electrons. The number of benzene rings is 2. The third-order valence-electron chi connectivity index (χ3n) is 4.76. The largest absolute Gasteiger partial charge is 0.480 e. The van der Waals surface area contributed by atoms with Crippen molar-refractivity contribution in [3.05, 3.63) is 53.1 Å². The van der Waals surface area contributed by atoms with E-state index in [1.54, 1.807) is 12.1 Å². The van der Waals surface area contributed by atoms with Gasteiger partial charge in [0.15, 0.2) is 11.9 Å². The molecule has 7 nitrogen and oxygen atoms in total. The van der Waals surface area contributed by atoms with Crippen molar-refractivity contribution in [1.29, 1.82) is 0 Å². The number of carbonyl (C=O) groups is 1. The van der Waals surface area contributed by atoms with Gasteiger partial charge in [-0.05, 0) is 59.2 Å². The molecule has 1 saturated carbocycles. The van der Waals surface area contributed by atoms with Crippen LogP contribution >= 0.6 is 11.6 Å². The fraction of sp³-hybridized carbons (Fsp3) is 0.263. The molecule has 27 heavy (non-hydrogen) atoms. The lowest BCUT2D eigenvalue weighted by atomic mass is 10.1. The summed E-state index contributed by atoms with van der Waals surface area (Å²) in [5.74, 6) is 1.23. The summed E-state index contributed by atoms with van der Waals surface area (Å²) in [6.45, 7) is 0. The van der Waals surface area contributed by atoms with Gasteiger partial charge in [0.25, 0.3) is 5.91 Å². The minimum atomic E-state index is -0.570. The third kappa shape index (κ3) is 3.14. The topological polar surface area (TPSA) is 81.9 Å². The zero-order valence-electron chi connectivity index (χ0n) is 14.3. The average molecular weight is 382 g/mol. The van der Waals surface area contributed by atoms with Crippen LogP contribution in [0.4, 0.5) is 5.69 Å². The molecule has 1 aromatic heterocycles. The molecule has 136 valence electrons. The van der Waals surface area contributed by atoms with E-state index in [0.717, 1.165) is 24.0 Å². The number of fused-ring (bicyclic) bond motifs is 1. The lowest BCUT2D eigenvalue weighted by Crippen LogP contribution is -2.31. The first-order chi connectivity index (χ1) is 13.2. The van der Waals surface area contributed by atoms with Gasteiger partial charge < -0.3 is 10.1 Å². The Labute approximate surface area is 160 Å². The Kier molecular flexibility index (Phi) is 3.82. The van der Waals surface area contributed by atoms with Gasteiger partial charge >= 0.3 is 0 Å². The van der Waals surface area contributed by atoms with Gasteiger partial charge in [0, 0.05) is 22.7 Å². The minimum Gasteiger partial charge on any atom is -0.480 e. The van der Waals surface area contributed by atoms with Gasteiger partial charge in [0.1, 0.15) is 5.75 Å². The molecule has 1 aliphatic carbocycles. The molecule has 0 spiro atoms. The first kappa shape index (κ1) is 16.3. The van der Waals surface area contributed by atoms with Crippen LogP contribution in [0.3, 0.4) is 0 Å². The van der Waals surface area contributed by atoms with E-state index in [-0.39, 0.29) is 5.91 Å². The number of amides is 1. The number of nitrogens with zero attached hydrogens (tertiary/aromatic N) is 4. The molecule has 1 amide bonds. The molecule has 0 saturated heterocycles. The lowest BCUT2D eigenvalue weighted by Gasteiger charge is -2.12. The van der Waals surface area contributed by atoms with E-state index in [1.165, 1.54) is 0 Å². The van der Waals surface area contributed by atoms with Gasteiger partial charge in [0.05, 0.1) is 6.04 Å². The van der Waals surface area contributed by atoms with Crippen molar-refractivity contribution in [2.75, 3.05) is 5.32 Å². The number of anilines is 1. The number of ether oxygens (including phenoxy) is 1. The van der Waals surface area contributed by atoms with Crippen molar-refractivity contribution in [3.8, 4) is 17.1 Å². The van der Waals surface area contributed by atoms with E-state index in [4.69, 9.17) is 16.3 Å². The summed E-state index contributed by atoms with van der Waals surface area (Å²) < 4.78 is 7.60. The SMILES string of the molecule is O=C(Nc1cccc(-c2nnnn2C2CC2)c1)C1Cc2cc(Cl)ccc2O1. The molecule has 2 heterocycles. The predicted octanol–water partition coefficient (Wildman–Crippen LogP) is 3.27. The van der Waals surface area contributed by atoms with Crippen LogP contribution in [0.1, 0.15) is 24.4 Å². The molecule has 8 heteroatoms. The fourth-order valence-electron chi connectivity index (χ4n) is 3.27. The van der Waals surface area contributed by atoms with Gasteiger partial charge in [0.2, 0.25) is 0 Å². The smallest absolute Gasteiger partial charge is 0.265 e. The number of aromatic nitrogens is 4. The van der Waals surface area contributed by atoms with E-state index in [0.29, 0.717) is 34.7 Å². The Bertz CT molecular complexity index is 1030. The molecule has 3 aromatic rings. The zero-order chi connectivity index (χ0) is 18.4. The summed E-state index contributed by atoms with van der Waals surface area (Å²) >= 11 is 6.01. The first-order valence-corrected chi connectivity index (χ1v) is 9.19. The number of rotatable bonds is 4. The number of hydrogen-bond donors (Lipinski definition) is 1. The van der Waals surface area contributed by atoms with Crippen molar-refractivity contribution in [2.45, 2.75) is 31.4 Å². The maximum absolute atomic E-state index is 12.6. The van der Waals surface area contributed by atoms with E-state index in [2.05, 4.69) is 20.8 Å². The fourth-order valence-corrected chi connectivity index (χ4v) is 3.47. The average Bonchev–Trinajstić information content (AvgIpc) is 3.23. The number of nitrogens with one attached hydrogen (secondary N) is 1. The summed E-state index contributed by atoms with van der Waals surface area (Å²) in [6, 6.07) is 13.3. The summed E-state index contributed by atoms with van der Waals surface area (Å²) in [5.41, 5.74) is 2.49. The Morgan fingerprint density at radius 1 is 1.22 bits per heavy atom. The quantitative estimate of drug-likeness (QED) is 0.750. The van der Waals surface area contributed by atoms with Crippen LogP contribution < -0.4 is 10.1 Å². The van der Waals surface area contributed by atoms with Crippen molar-refractivity contribution in [2.24, 2.45) is 0 Å². The molecule has 2 aromatic carbocycles. The van der Waals surface area contributed by atoms with Crippen molar-refractivity contribution >= 4 is 23.2 Å². The number of carbonyl (C=O) groups excluding carboxylic acids is 1. The van der Waals surface area contributed by atoms with Crippen LogP contribution in [0.5, 0.6) is 5.75 Å². The number of halogens is 1. The molecule has 2 aliphatic rings. The molecule has 1 aliphatic heterocycles. The standard InChI is InChI=1S/C19H16ClN5O2/c20-13-4-7-16-12(8-13)10-17(27-16)19(26)21-14-3-1-2-11(9-14)18-22-23-24-25(18)15-5-6-15/h1-4,7-9,15,17H,5-6,10H2,(H,21,26). The Hall–Kier alpha value is -2.93. The van der Waals surface area contributed by atoms with Crippen LogP contribution in [0, 0.1) is 0 Å². The Morgan fingerprint density at radius 3 is 2.96 bits per heavy atom. The summed E-state index contributed by atoms with van der Waals surface area (Å²) in [5, 5.41) is 15.6. The molecule has 1 N–H and O–H groups in total. The number of tetrazole rings is 1. The molecular formula is C19H16ClN5O2.